The summed E-state index contributed by atoms with van der Waals surface area (Å²) in [6.45, 7) is 6.43. The molecule has 0 radical (unpaired) electrons. The molecule has 118 valence electrons. The molecule has 6 nitrogen and oxygen atoms in total. The molecule has 1 saturated heterocycles. The minimum absolute atomic E-state index is 0.0277. The summed E-state index contributed by atoms with van der Waals surface area (Å²) >= 11 is 0. The number of carbonyl (C=O) groups is 1. The van der Waals surface area contributed by atoms with Gasteiger partial charge in [-0.05, 0) is 38.3 Å². The summed E-state index contributed by atoms with van der Waals surface area (Å²) in [5.74, 6) is 1.19. The average Bonchev–Trinajstić information content (AvgIpc) is 2.95. The highest BCUT2D eigenvalue weighted by Gasteiger charge is 2.31. The van der Waals surface area contributed by atoms with E-state index in [0.717, 1.165) is 43.5 Å². The molecular formula is C16H22N4O2. The van der Waals surface area contributed by atoms with Crippen LogP contribution in [0, 0.1) is 20.8 Å². The summed E-state index contributed by atoms with van der Waals surface area (Å²) < 4.78 is 5.11. The number of nitrogens with zero attached hydrogens (tertiary/aromatic N) is 3. The Morgan fingerprint density at radius 2 is 2.14 bits per heavy atom. The highest BCUT2D eigenvalue weighted by Crippen LogP contribution is 2.30. The Kier molecular flexibility index (Phi) is 4.00. The molecule has 6 heteroatoms. The van der Waals surface area contributed by atoms with Gasteiger partial charge in [0, 0.05) is 19.2 Å². The molecule has 1 amide bonds. The zero-order valence-corrected chi connectivity index (χ0v) is 13.3. The number of likely N-dealkylation sites (tertiary alicyclic amines) is 1. The molecule has 1 unspecified atom stereocenters. The molecule has 2 aromatic heterocycles. The van der Waals surface area contributed by atoms with Crippen molar-refractivity contribution in [1.29, 1.82) is 0 Å². The molecule has 1 aliphatic rings. The number of aryl methyl sites for hydroxylation is 3. The first kappa shape index (κ1) is 14.8. The van der Waals surface area contributed by atoms with Crippen molar-refractivity contribution in [2.45, 2.75) is 52.5 Å². The topological polar surface area (TPSA) is 75.0 Å². The van der Waals surface area contributed by atoms with E-state index in [1.807, 2.05) is 24.8 Å². The van der Waals surface area contributed by atoms with Gasteiger partial charge in [-0.3, -0.25) is 4.79 Å². The Balaban J connectivity index is 1.93. The standard InChI is InChI=1S/C16H22N4O2/c1-10-9-11(2)17-14(10)16(21)20-8-6-4-5-7-13(20)15-18-12(3)22-19-15/h9,13,17H,4-8H2,1-3H3. The summed E-state index contributed by atoms with van der Waals surface area (Å²) in [6, 6.07) is 1.90. The van der Waals surface area contributed by atoms with Gasteiger partial charge in [0.15, 0.2) is 5.82 Å². The predicted molar refractivity (Wildman–Crippen MR) is 81.5 cm³/mol. The molecule has 0 aromatic carbocycles. The Bertz CT molecular complexity index is 673. The van der Waals surface area contributed by atoms with E-state index in [1.165, 1.54) is 0 Å². The highest BCUT2D eigenvalue weighted by atomic mass is 16.5. The molecule has 3 heterocycles. The van der Waals surface area contributed by atoms with Crippen molar-refractivity contribution in [2.24, 2.45) is 0 Å². The lowest BCUT2D eigenvalue weighted by Crippen LogP contribution is -2.36. The summed E-state index contributed by atoms with van der Waals surface area (Å²) in [5, 5.41) is 4.04. The molecule has 1 N–H and O–H groups in total. The summed E-state index contributed by atoms with van der Waals surface area (Å²) in [5.41, 5.74) is 2.65. The predicted octanol–water partition coefficient (Wildman–Crippen LogP) is 3.08. The molecule has 1 aliphatic heterocycles. The number of amides is 1. The van der Waals surface area contributed by atoms with Crippen LogP contribution in [0.5, 0.6) is 0 Å². The second-order valence-corrected chi connectivity index (χ2v) is 6.05. The number of hydrogen-bond acceptors (Lipinski definition) is 4. The third-order valence-corrected chi connectivity index (χ3v) is 4.22. The first-order valence-corrected chi connectivity index (χ1v) is 7.83. The second kappa shape index (κ2) is 5.94. The van der Waals surface area contributed by atoms with E-state index in [4.69, 9.17) is 4.52 Å². The fourth-order valence-electron chi connectivity index (χ4n) is 3.16. The molecule has 2 aromatic rings. The van der Waals surface area contributed by atoms with Gasteiger partial charge in [-0.2, -0.15) is 4.98 Å². The van der Waals surface area contributed by atoms with E-state index in [9.17, 15) is 4.79 Å². The smallest absolute Gasteiger partial charge is 0.271 e. The van der Waals surface area contributed by atoms with Crippen molar-refractivity contribution in [2.75, 3.05) is 6.54 Å². The van der Waals surface area contributed by atoms with Gasteiger partial charge in [0.25, 0.3) is 5.91 Å². The average molecular weight is 302 g/mol. The van der Waals surface area contributed by atoms with Gasteiger partial charge >= 0.3 is 0 Å². The normalized spacial score (nSPS) is 19.2. The van der Waals surface area contributed by atoms with E-state index in [2.05, 4.69) is 15.1 Å². The Hall–Kier alpha value is -2.11. The van der Waals surface area contributed by atoms with E-state index in [1.54, 1.807) is 6.92 Å². The minimum Gasteiger partial charge on any atom is -0.354 e. The van der Waals surface area contributed by atoms with Crippen LogP contribution in [0.15, 0.2) is 10.6 Å². The fraction of sp³-hybridized carbons (Fsp3) is 0.562. The second-order valence-electron chi connectivity index (χ2n) is 6.05. The number of H-pyrrole nitrogens is 1. The van der Waals surface area contributed by atoms with Gasteiger partial charge in [-0.1, -0.05) is 18.0 Å². The van der Waals surface area contributed by atoms with Gasteiger partial charge < -0.3 is 14.4 Å². The third-order valence-electron chi connectivity index (χ3n) is 4.22. The lowest BCUT2D eigenvalue weighted by molar-refractivity contribution is 0.0664. The maximum absolute atomic E-state index is 13.0. The SMILES string of the molecule is Cc1cc(C)c(C(=O)N2CCCCCC2c2noc(C)n2)[nH]1. The molecule has 0 aliphatic carbocycles. The van der Waals surface area contributed by atoms with Gasteiger partial charge in [0.2, 0.25) is 5.89 Å². The van der Waals surface area contributed by atoms with Gasteiger partial charge in [0.1, 0.15) is 5.69 Å². The van der Waals surface area contributed by atoms with Gasteiger partial charge in [-0.15, -0.1) is 0 Å². The Morgan fingerprint density at radius 3 is 2.77 bits per heavy atom. The van der Waals surface area contributed by atoms with Crippen molar-refractivity contribution >= 4 is 5.91 Å². The van der Waals surface area contributed by atoms with Crippen molar-refractivity contribution in [1.82, 2.24) is 20.0 Å². The molecule has 3 rings (SSSR count). The van der Waals surface area contributed by atoms with E-state index < -0.39 is 0 Å². The maximum atomic E-state index is 13.0. The van der Waals surface area contributed by atoms with Gasteiger partial charge in [-0.25, -0.2) is 0 Å². The van der Waals surface area contributed by atoms with Crippen molar-refractivity contribution < 1.29 is 9.32 Å². The molecule has 1 fully saturated rings. The monoisotopic (exact) mass is 302 g/mol. The number of nitrogens with one attached hydrogen (secondary N) is 1. The van der Waals surface area contributed by atoms with E-state index >= 15 is 0 Å². The van der Waals surface area contributed by atoms with Crippen LogP contribution in [0.1, 0.15) is 65.2 Å². The Labute approximate surface area is 129 Å². The molecule has 1 atom stereocenters. The number of aromatic amines is 1. The third kappa shape index (κ3) is 2.77. The molecule has 0 bridgehead atoms. The summed E-state index contributed by atoms with van der Waals surface area (Å²) in [4.78, 5) is 22.4. The van der Waals surface area contributed by atoms with Crippen LogP contribution >= 0.6 is 0 Å². The molecule has 0 spiro atoms. The van der Waals surface area contributed by atoms with Crippen LogP contribution in [0.2, 0.25) is 0 Å². The molecule has 22 heavy (non-hydrogen) atoms. The van der Waals surface area contributed by atoms with E-state index in [-0.39, 0.29) is 11.9 Å². The van der Waals surface area contributed by atoms with Crippen LogP contribution in [-0.2, 0) is 0 Å². The number of carbonyl (C=O) groups excluding carboxylic acids is 1. The van der Waals surface area contributed by atoms with Crippen LogP contribution in [0.4, 0.5) is 0 Å². The molecular weight excluding hydrogens is 280 g/mol. The molecule has 0 saturated carbocycles. The highest BCUT2D eigenvalue weighted by molar-refractivity contribution is 5.94. The van der Waals surface area contributed by atoms with Crippen molar-refractivity contribution in [3.63, 3.8) is 0 Å². The minimum atomic E-state index is -0.101. The van der Waals surface area contributed by atoms with Gasteiger partial charge in [0.05, 0.1) is 6.04 Å². The summed E-state index contributed by atoms with van der Waals surface area (Å²) in [7, 11) is 0. The zero-order chi connectivity index (χ0) is 15.7. The number of aromatic nitrogens is 3. The van der Waals surface area contributed by atoms with Crippen molar-refractivity contribution in [3.05, 3.63) is 34.7 Å². The van der Waals surface area contributed by atoms with Crippen LogP contribution in [-0.4, -0.2) is 32.5 Å². The van der Waals surface area contributed by atoms with Crippen LogP contribution in [0.3, 0.4) is 0 Å². The van der Waals surface area contributed by atoms with Crippen LogP contribution in [0.25, 0.3) is 0 Å². The van der Waals surface area contributed by atoms with Crippen molar-refractivity contribution in [3.8, 4) is 0 Å². The number of rotatable bonds is 2. The number of hydrogen-bond donors (Lipinski definition) is 1. The quantitative estimate of drug-likeness (QED) is 0.925. The lowest BCUT2D eigenvalue weighted by Gasteiger charge is -2.27. The Morgan fingerprint density at radius 1 is 1.32 bits per heavy atom. The largest absolute Gasteiger partial charge is 0.354 e. The fourth-order valence-corrected chi connectivity index (χ4v) is 3.16. The zero-order valence-electron chi connectivity index (χ0n) is 13.3. The summed E-state index contributed by atoms with van der Waals surface area (Å²) in [6.07, 6.45) is 4.09. The first-order chi connectivity index (χ1) is 10.6. The first-order valence-electron chi connectivity index (χ1n) is 7.83. The van der Waals surface area contributed by atoms with Crippen LogP contribution < -0.4 is 0 Å². The van der Waals surface area contributed by atoms with E-state index in [0.29, 0.717) is 17.4 Å². The maximum Gasteiger partial charge on any atom is 0.271 e. The lowest BCUT2D eigenvalue weighted by atomic mass is 10.1.